The molecule has 5 nitrogen and oxygen atoms in total. The Morgan fingerprint density at radius 3 is 2.42 bits per heavy atom. The summed E-state index contributed by atoms with van der Waals surface area (Å²) in [6.45, 7) is 2.05. The average Bonchev–Trinajstić information content (AvgIpc) is 2.69. The molecule has 0 atom stereocenters. The summed E-state index contributed by atoms with van der Waals surface area (Å²) in [4.78, 5) is 16.6. The van der Waals surface area contributed by atoms with Crippen LogP contribution in [0.15, 0.2) is 66.9 Å². The molecule has 26 heavy (non-hydrogen) atoms. The van der Waals surface area contributed by atoms with Crippen molar-refractivity contribution in [1.29, 1.82) is 5.26 Å². The molecule has 0 saturated carbocycles. The van der Waals surface area contributed by atoms with Crippen LogP contribution in [0.25, 0.3) is 0 Å². The quantitative estimate of drug-likeness (QED) is 0.715. The van der Waals surface area contributed by atoms with Gasteiger partial charge in [0.1, 0.15) is 5.69 Å². The van der Waals surface area contributed by atoms with Gasteiger partial charge >= 0.3 is 0 Å². The van der Waals surface area contributed by atoms with Gasteiger partial charge in [-0.3, -0.25) is 4.79 Å². The van der Waals surface area contributed by atoms with Crippen LogP contribution in [0.3, 0.4) is 0 Å². The number of aromatic nitrogens is 1. The fourth-order valence-electron chi connectivity index (χ4n) is 2.53. The molecule has 3 aromatic rings. The maximum Gasteiger partial charge on any atom is 0.274 e. The zero-order valence-electron chi connectivity index (χ0n) is 14.4. The van der Waals surface area contributed by atoms with E-state index in [1.807, 2.05) is 43.3 Å². The highest BCUT2D eigenvalue weighted by molar-refractivity contribution is 6.03. The van der Waals surface area contributed by atoms with Gasteiger partial charge < -0.3 is 10.6 Å². The van der Waals surface area contributed by atoms with Crippen LogP contribution in [0.2, 0.25) is 0 Å². The van der Waals surface area contributed by atoms with Gasteiger partial charge in [0.25, 0.3) is 5.91 Å². The van der Waals surface area contributed by atoms with Gasteiger partial charge in [0.2, 0.25) is 0 Å². The fourth-order valence-corrected chi connectivity index (χ4v) is 2.53. The Hall–Kier alpha value is -3.65. The van der Waals surface area contributed by atoms with E-state index in [2.05, 4.69) is 21.7 Å². The summed E-state index contributed by atoms with van der Waals surface area (Å²) >= 11 is 0. The Bertz CT molecular complexity index is 941. The zero-order chi connectivity index (χ0) is 18.4. The Balaban J connectivity index is 1.68. The Morgan fingerprint density at radius 2 is 1.77 bits per heavy atom. The molecule has 0 aliphatic carbocycles. The number of rotatable bonds is 5. The van der Waals surface area contributed by atoms with Crippen LogP contribution in [0.4, 0.5) is 17.1 Å². The molecule has 0 bridgehead atoms. The molecule has 0 fully saturated rings. The molecular formula is C21H18N4O. The van der Waals surface area contributed by atoms with Crippen LogP contribution in [-0.4, -0.2) is 10.9 Å². The first-order valence-electron chi connectivity index (χ1n) is 8.32. The van der Waals surface area contributed by atoms with Gasteiger partial charge in [-0.25, -0.2) is 4.98 Å². The van der Waals surface area contributed by atoms with E-state index < -0.39 is 0 Å². The maximum atomic E-state index is 12.4. The summed E-state index contributed by atoms with van der Waals surface area (Å²) in [5.74, 6) is -0.240. The summed E-state index contributed by atoms with van der Waals surface area (Å²) in [6.07, 6.45) is 2.45. The summed E-state index contributed by atoms with van der Waals surface area (Å²) in [7, 11) is 0. The molecule has 0 spiro atoms. The lowest BCUT2D eigenvalue weighted by atomic mass is 10.1. The van der Waals surface area contributed by atoms with Crippen molar-refractivity contribution in [3.8, 4) is 6.07 Å². The molecule has 0 aliphatic rings. The van der Waals surface area contributed by atoms with E-state index in [4.69, 9.17) is 5.26 Å². The zero-order valence-corrected chi connectivity index (χ0v) is 14.4. The van der Waals surface area contributed by atoms with Crippen LogP contribution in [0.1, 0.15) is 28.5 Å². The number of nitriles is 1. The molecule has 5 heteroatoms. The van der Waals surface area contributed by atoms with Crippen LogP contribution in [-0.2, 0) is 6.42 Å². The monoisotopic (exact) mass is 342 g/mol. The molecule has 1 aromatic heterocycles. The SMILES string of the molecule is CCc1ccccc1NC(=O)c1ccc(Nc2ccc(C#N)cc2)cn1. The normalized spacial score (nSPS) is 10.0. The first-order valence-corrected chi connectivity index (χ1v) is 8.32. The van der Waals surface area contributed by atoms with Crippen molar-refractivity contribution >= 4 is 23.0 Å². The number of hydrogen-bond acceptors (Lipinski definition) is 4. The lowest BCUT2D eigenvalue weighted by Gasteiger charge is -2.10. The predicted molar refractivity (Wildman–Crippen MR) is 102 cm³/mol. The number of hydrogen-bond donors (Lipinski definition) is 2. The van der Waals surface area contributed by atoms with Crippen LogP contribution in [0, 0.1) is 11.3 Å². The van der Waals surface area contributed by atoms with Crippen LogP contribution in [0.5, 0.6) is 0 Å². The van der Waals surface area contributed by atoms with Gasteiger partial charge in [-0.2, -0.15) is 5.26 Å². The van der Waals surface area contributed by atoms with Gasteiger partial charge in [-0.15, -0.1) is 0 Å². The number of anilines is 3. The third-order valence-electron chi connectivity index (χ3n) is 3.95. The second kappa shape index (κ2) is 7.95. The van der Waals surface area contributed by atoms with Crippen molar-refractivity contribution in [3.63, 3.8) is 0 Å². The number of pyridine rings is 1. The number of amides is 1. The molecule has 0 saturated heterocycles. The van der Waals surface area contributed by atoms with E-state index in [1.165, 1.54) is 0 Å². The number of carbonyl (C=O) groups is 1. The summed E-state index contributed by atoms with van der Waals surface area (Å²) in [5.41, 5.74) is 4.45. The molecule has 128 valence electrons. The highest BCUT2D eigenvalue weighted by Gasteiger charge is 2.09. The van der Waals surface area contributed by atoms with Gasteiger partial charge in [0.05, 0.1) is 23.5 Å². The minimum atomic E-state index is -0.240. The topological polar surface area (TPSA) is 77.8 Å². The third-order valence-corrected chi connectivity index (χ3v) is 3.95. The summed E-state index contributed by atoms with van der Waals surface area (Å²) in [5, 5.41) is 14.9. The Morgan fingerprint density at radius 1 is 1.04 bits per heavy atom. The van der Waals surface area contributed by atoms with Crippen molar-refractivity contribution in [3.05, 3.63) is 83.7 Å². The molecule has 1 heterocycles. The van der Waals surface area contributed by atoms with Crippen LogP contribution >= 0.6 is 0 Å². The molecule has 0 aliphatic heterocycles. The number of aryl methyl sites for hydroxylation is 1. The fraction of sp³-hybridized carbons (Fsp3) is 0.0952. The molecule has 3 rings (SSSR count). The second-order valence-corrected chi connectivity index (χ2v) is 5.71. The van der Waals surface area contributed by atoms with Crippen molar-refractivity contribution in [2.24, 2.45) is 0 Å². The van der Waals surface area contributed by atoms with Crippen molar-refractivity contribution in [2.75, 3.05) is 10.6 Å². The second-order valence-electron chi connectivity index (χ2n) is 5.71. The minimum Gasteiger partial charge on any atom is -0.354 e. The summed E-state index contributed by atoms with van der Waals surface area (Å²) < 4.78 is 0. The average molecular weight is 342 g/mol. The number of carbonyl (C=O) groups excluding carboxylic acids is 1. The van der Waals surface area contributed by atoms with Gasteiger partial charge in [0.15, 0.2) is 0 Å². The highest BCUT2D eigenvalue weighted by atomic mass is 16.1. The van der Waals surface area contributed by atoms with Gasteiger partial charge in [-0.1, -0.05) is 25.1 Å². The Kier molecular flexibility index (Phi) is 5.25. The molecule has 2 N–H and O–H groups in total. The molecule has 2 aromatic carbocycles. The van der Waals surface area contributed by atoms with Crippen molar-refractivity contribution in [2.45, 2.75) is 13.3 Å². The minimum absolute atomic E-state index is 0.240. The van der Waals surface area contributed by atoms with Gasteiger partial charge in [0, 0.05) is 11.4 Å². The smallest absolute Gasteiger partial charge is 0.274 e. The van der Waals surface area contributed by atoms with E-state index in [1.54, 1.807) is 30.5 Å². The van der Waals surface area contributed by atoms with Crippen molar-refractivity contribution in [1.82, 2.24) is 4.98 Å². The first-order chi connectivity index (χ1) is 12.7. The van der Waals surface area contributed by atoms with E-state index in [0.29, 0.717) is 11.3 Å². The van der Waals surface area contributed by atoms with E-state index in [-0.39, 0.29) is 5.91 Å². The number of nitrogens with zero attached hydrogens (tertiary/aromatic N) is 2. The number of para-hydroxylation sites is 1. The molecule has 0 unspecified atom stereocenters. The number of benzene rings is 2. The largest absolute Gasteiger partial charge is 0.354 e. The van der Waals surface area contributed by atoms with Crippen molar-refractivity contribution < 1.29 is 4.79 Å². The molecular weight excluding hydrogens is 324 g/mol. The van der Waals surface area contributed by atoms with E-state index in [9.17, 15) is 4.79 Å². The van der Waals surface area contributed by atoms with Crippen LogP contribution < -0.4 is 10.6 Å². The third kappa shape index (κ3) is 4.05. The number of nitrogens with one attached hydrogen (secondary N) is 2. The first kappa shape index (κ1) is 17.2. The molecule has 0 radical (unpaired) electrons. The highest BCUT2D eigenvalue weighted by Crippen LogP contribution is 2.18. The summed E-state index contributed by atoms with van der Waals surface area (Å²) in [6, 6.07) is 20.4. The lowest BCUT2D eigenvalue weighted by Crippen LogP contribution is -2.14. The van der Waals surface area contributed by atoms with E-state index in [0.717, 1.165) is 29.0 Å². The molecule has 1 amide bonds. The Labute approximate surface area is 152 Å². The lowest BCUT2D eigenvalue weighted by molar-refractivity contribution is 0.102. The maximum absolute atomic E-state index is 12.4. The van der Waals surface area contributed by atoms with Gasteiger partial charge in [-0.05, 0) is 54.4 Å². The van der Waals surface area contributed by atoms with E-state index >= 15 is 0 Å². The standard InChI is InChI=1S/C21H18N4O/c1-2-16-5-3-4-6-19(16)25-21(26)20-12-11-18(14-23-20)24-17-9-7-15(13-22)8-10-17/h3-12,14,24H,2H2,1H3,(H,25,26). The predicted octanol–water partition coefficient (Wildman–Crippen LogP) is 4.51.